The Morgan fingerprint density at radius 2 is 1.78 bits per heavy atom. The molecule has 2 aromatic rings. The van der Waals surface area contributed by atoms with Gasteiger partial charge < -0.3 is 9.84 Å². The second-order valence-corrected chi connectivity index (χ2v) is 6.49. The van der Waals surface area contributed by atoms with E-state index in [-0.39, 0.29) is 6.61 Å². The van der Waals surface area contributed by atoms with Crippen LogP contribution in [0.4, 0.5) is 4.79 Å². The molecule has 0 saturated carbocycles. The van der Waals surface area contributed by atoms with Crippen molar-refractivity contribution in [1.29, 1.82) is 0 Å². The van der Waals surface area contributed by atoms with Crippen molar-refractivity contribution in [2.75, 3.05) is 0 Å². The van der Waals surface area contributed by atoms with Crippen molar-refractivity contribution in [3.63, 3.8) is 0 Å². The van der Waals surface area contributed by atoms with Gasteiger partial charge in [-0.05, 0) is 65.1 Å². The highest BCUT2D eigenvalue weighted by molar-refractivity contribution is 14.1. The fourth-order valence-electron chi connectivity index (χ4n) is 2.12. The summed E-state index contributed by atoms with van der Waals surface area (Å²) in [6.07, 6.45) is 0.666. The number of nitrogens with one attached hydrogen (secondary N) is 1. The number of alkyl carbamates (subject to hydrolysis) is 1. The summed E-state index contributed by atoms with van der Waals surface area (Å²) >= 11 is 2.27. The Kier molecular flexibility index (Phi) is 7.35. The molecule has 2 rings (SSSR count). The minimum absolute atomic E-state index is 0.196. The molecule has 0 aliphatic heterocycles. The molecule has 1 unspecified atom stereocenters. The number of rotatable bonds is 7. The van der Waals surface area contributed by atoms with Gasteiger partial charge in [0.1, 0.15) is 12.8 Å². The van der Waals surface area contributed by atoms with E-state index >= 15 is 0 Å². The average molecular weight is 425 g/mol. The van der Waals surface area contributed by atoms with Gasteiger partial charge in [0.25, 0.3) is 0 Å². The molecule has 0 radical (unpaired) electrons. The number of benzene rings is 2. The molecule has 0 spiro atoms. The summed E-state index contributed by atoms with van der Waals surface area (Å²) in [5.41, 5.74) is 2.14. The van der Waals surface area contributed by atoms with Gasteiger partial charge >= 0.3 is 6.09 Å². The van der Waals surface area contributed by atoms with Crippen LogP contribution in [0.3, 0.4) is 0 Å². The van der Waals surface area contributed by atoms with Gasteiger partial charge in [-0.2, -0.15) is 0 Å². The molecule has 0 saturated heterocycles. The molecule has 0 bridgehead atoms. The number of aryl methyl sites for hydroxylation is 1. The minimum atomic E-state index is -0.887. The van der Waals surface area contributed by atoms with Gasteiger partial charge in [-0.3, -0.25) is 5.32 Å². The Labute approximate surface area is 150 Å². The average Bonchev–Trinajstić information content (AvgIpc) is 2.56. The van der Waals surface area contributed by atoms with Gasteiger partial charge in [-0.25, -0.2) is 4.79 Å². The molecule has 2 N–H and O–H groups in total. The van der Waals surface area contributed by atoms with Crippen molar-refractivity contribution < 1.29 is 14.6 Å². The van der Waals surface area contributed by atoms with Gasteiger partial charge in [0, 0.05) is 3.57 Å². The lowest BCUT2D eigenvalue weighted by molar-refractivity contribution is 0.0895. The highest BCUT2D eigenvalue weighted by Crippen LogP contribution is 2.10. The Bertz CT molecular complexity index is 601. The van der Waals surface area contributed by atoms with Crippen LogP contribution in [0.25, 0.3) is 0 Å². The third kappa shape index (κ3) is 7.00. The monoisotopic (exact) mass is 425 g/mol. The first-order chi connectivity index (χ1) is 11.1. The van der Waals surface area contributed by atoms with Crippen molar-refractivity contribution in [3.8, 4) is 0 Å². The normalized spacial score (nSPS) is 11.7. The number of hydrogen-bond donors (Lipinski definition) is 2. The smallest absolute Gasteiger partial charge is 0.409 e. The molecule has 0 heterocycles. The zero-order chi connectivity index (χ0) is 16.5. The first-order valence-corrected chi connectivity index (χ1v) is 8.61. The van der Waals surface area contributed by atoms with Crippen LogP contribution in [0.1, 0.15) is 24.0 Å². The summed E-state index contributed by atoms with van der Waals surface area (Å²) in [6.45, 7) is 0.196. The summed E-state index contributed by atoms with van der Waals surface area (Å²) in [4.78, 5) is 11.6. The van der Waals surface area contributed by atoms with Crippen LogP contribution in [0.15, 0.2) is 54.6 Å². The first-order valence-electron chi connectivity index (χ1n) is 7.53. The number of aliphatic hydroxyl groups is 1. The zero-order valence-electron chi connectivity index (χ0n) is 12.7. The predicted molar refractivity (Wildman–Crippen MR) is 97.9 cm³/mol. The van der Waals surface area contributed by atoms with Crippen LogP contribution in [-0.4, -0.2) is 17.4 Å². The number of carbonyl (C=O) groups is 1. The van der Waals surface area contributed by atoms with Crippen molar-refractivity contribution in [1.82, 2.24) is 5.32 Å². The SMILES string of the molecule is O=C(NC(O)CCCc1ccc(I)cc1)OCc1ccccc1. The maximum absolute atomic E-state index is 11.6. The van der Waals surface area contributed by atoms with E-state index in [1.165, 1.54) is 9.13 Å². The van der Waals surface area contributed by atoms with Crippen molar-refractivity contribution in [2.45, 2.75) is 32.1 Å². The number of halogens is 1. The van der Waals surface area contributed by atoms with Crippen LogP contribution in [0.2, 0.25) is 0 Å². The largest absolute Gasteiger partial charge is 0.445 e. The lowest BCUT2D eigenvalue weighted by Gasteiger charge is -2.13. The van der Waals surface area contributed by atoms with Crippen LogP contribution in [0, 0.1) is 3.57 Å². The first kappa shape index (κ1) is 17.7. The number of carbonyl (C=O) groups excluding carboxylic acids is 1. The van der Waals surface area contributed by atoms with E-state index in [2.05, 4.69) is 52.2 Å². The van der Waals surface area contributed by atoms with Gasteiger partial charge in [0.2, 0.25) is 0 Å². The summed E-state index contributed by atoms with van der Waals surface area (Å²) in [5, 5.41) is 12.3. The summed E-state index contributed by atoms with van der Waals surface area (Å²) in [5.74, 6) is 0. The molecule has 1 atom stereocenters. The summed E-state index contributed by atoms with van der Waals surface area (Å²) in [6, 6.07) is 17.7. The van der Waals surface area contributed by atoms with Gasteiger partial charge in [0.15, 0.2) is 0 Å². The lowest BCUT2D eigenvalue weighted by atomic mass is 10.1. The molecule has 1 amide bonds. The van der Waals surface area contributed by atoms with Crippen LogP contribution >= 0.6 is 22.6 Å². The molecular formula is C18H20INO3. The zero-order valence-corrected chi connectivity index (χ0v) is 14.9. The lowest BCUT2D eigenvalue weighted by Crippen LogP contribution is -2.35. The Balaban J connectivity index is 1.63. The second kappa shape index (κ2) is 9.52. The van der Waals surface area contributed by atoms with Gasteiger partial charge in [0.05, 0.1) is 0 Å². The quantitative estimate of drug-likeness (QED) is 0.524. The molecule has 0 aromatic heterocycles. The number of amides is 1. The molecule has 0 aliphatic rings. The molecule has 0 fully saturated rings. The number of ether oxygens (including phenoxy) is 1. The Morgan fingerprint density at radius 3 is 2.48 bits per heavy atom. The van der Waals surface area contributed by atoms with E-state index < -0.39 is 12.3 Å². The Morgan fingerprint density at radius 1 is 1.09 bits per heavy atom. The molecule has 5 heteroatoms. The van der Waals surface area contributed by atoms with Crippen LogP contribution in [-0.2, 0) is 17.8 Å². The van der Waals surface area contributed by atoms with Crippen molar-refractivity contribution in [3.05, 3.63) is 69.3 Å². The predicted octanol–water partition coefficient (Wildman–Crippen LogP) is 3.86. The highest BCUT2D eigenvalue weighted by atomic mass is 127. The maximum atomic E-state index is 11.6. The number of hydrogen-bond acceptors (Lipinski definition) is 3. The topological polar surface area (TPSA) is 58.6 Å². The third-order valence-corrected chi connectivity index (χ3v) is 4.07. The minimum Gasteiger partial charge on any atom is -0.445 e. The van der Waals surface area contributed by atoms with Crippen molar-refractivity contribution >= 4 is 28.7 Å². The van der Waals surface area contributed by atoms with Gasteiger partial charge in [-0.1, -0.05) is 42.5 Å². The van der Waals surface area contributed by atoms with Gasteiger partial charge in [-0.15, -0.1) is 0 Å². The molecule has 2 aromatic carbocycles. The maximum Gasteiger partial charge on any atom is 0.409 e. The van der Waals surface area contributed by atoms with E-state index in [0.29, 0.717) is 6.42 Å². The van der Waals surface area contributed by atoms with E-state index in [1.807, 2.05) is 30.3 Å². The molecule has 0 aliphatic carbocycles. The number of aliphatic hydroxyl groups excluding tert-OH is 1. The molecule has 4 nitrogen and oxygen atoms in total. The highest BCUT2D eigenvalue weighted by Gasteiger charge is 2.09. The van der Waals surface area contributed by atoms with Crippen molar-refractivity contribution in [2.24, 2.45) is 0 Å². The van der Waals surface area contributed by atoms with E-state index in [0.717, 1.165) is 18.4 Å². The summed E-state index contributed by atoms with van der Waals surface area (Å²) in [7, 11) is 0. The fraction of sp³-hybridized carbons (Fsp3) is 0.278. The van der Waals surface area contributed by atoms with E-state index in [9.17, 15) is 9.90 Å². The van der Waals surface area contributed by atoms with Crippen LogP contribution in [0.5, 0.6) is 0 Å². The second-order valence-electron chi connectivity index (χ2n) is 5.24. The Hall–Kier alpha value is -1.60. The molecule has 23 heavy (non-hydrogen) atoms. The van der Waals surface area contributed by atoms with E-state index in [4.69, 9.17) is 4.74 Å². The van der Waals surface area contributed by atoms with E-state index in [1.54, 1.807) is 0 Å². The molecular weight excluding hydrogens is 405 g/mol. The third-order valence-electron chi connectivity index (χ3n) is 3.35. The fourth-order valence-corrected chi connectivity index (χ4v) is 2.48. The summed E-state index contributed by atoms with van der Waals surface area (Å²) < 4.78 is 6.27. The standard InChI is InChI=1S/C18H20INO3/c19-16-11-9-14(10-12-16)7-4-8-17(21)20-18(22)23-13-15-5-2-1-3-6-15/h1-3,5-6,9-12,17,21H,4,7-8,13H2,(H,20,22). The molecule has 122 valence electrons. The van der Waals surface area contributed by atoms with Crippen LogP contribution < -0.4 is 5.32 Å².